The van der Waals surface area contributed by atoms with E-state index in [4.69, 9.17) is 10.5 Å². The minimum absolute atomic E-state index is 0.0339. The lowest BCUT2D eigenvalue weighted by atomic mass is 10.1. The first-order valence-corrected chi connectivity index (χ1v) is 5.19. The van der Waals surface area contributed by atoms with Crippen molar-refractivity contribution in [2.45, 2.75) is 39.2 Å². The van der Waals surface area contributed by atoms with Crippen LogP contribution in [0.2, 0.25) is 0 Å². The molecular formula is C10H18N2O4. The Balaban J connectivity index is 4.22. The molecule has 0 aliphatic rings. The Hall–Kier alpha value is -1.59. The predicted molar refractivity (Wildman–Crippen MR) is 57.3 cm³/mol. The lowest BCUT2D eigenvalue weighted by Gasteiger charge is -2.15. The highest BCUT2D eigenvalue weighted by Crippen LogP contribution is 2.00. The first-order chi connectivity index (χ1) is 7.47. The number of hydrogen-bond acceptors (Lipinski definition) is 4. The zero-order valence-electron chi connectivity index (χ0n) is 9.62. The van der Waals surface area contributed by atoms with Gasteiger partial charge in [0.2, 0.25) is 11.8 Å². The van der Waals surface area contributed by atoms with Crippen LogP contribution in [0.15, 0.2) is 0 Å². The minimum atomic E-state index is -0.795. The van der Waals surface area contributed by atoms with Gasteiger partial charge in [-0.2, -0.15) is 0 Å². The number of carbonyl (C=O) groups excluding carboxylic acids is 3. The number of carbonyl (C=O) groups is 3. The number of nitrogens with two attached hydrogens (primary N) is 1. The molecule has 92 valence electrons. The molecular weight excluding hydrogens is 212 g/mol. The molecule has 0 aliphatic heterocycles. The molecule has 0 bridgehead atoms. The molecule has 6 heteroatoms. The number of hydrogen-bond donors (Lipinski definition) is 2. The fourth-order valence-electron chi connectivity index (χ4n) is 1.08. The van der Waals surface area contributed by atoms with Crippen molar-refractivity contribution < 1.29 is 19.1 Å². The Bertz CT molecular complexity index is 266. The second-order valence-corrected chi connectivity index (χ2v) is 3.43. The number of amides is 2. The standard InChI is InChI=1S/C10H18N2O4/c1-3-6-16-10(15)8(12-7(2)13)4-5-9(11)14/h8H,3-6H2,1-2H3,(H2,11,14)(H,12,13). The van der Waals surface area contributed by atoms with E-state index in [1.54, 1.807) is 0 Å². The fourth-order valence-corrected chi connectivity index (χ4v) is 1.08. The van der Waals surface area contributed by atoms with Gasteiger partial charge in [0.25, 0.3) is 0 Å². The maximum Gasteiger partial charge on any atom is 0.328 e. The Morgan fingerprint density at radius 1 is 1.38 bits per heavy atom. The normalized spacial score (nSPS) is 11.6. The van der Waals surface area contributed by atoms with Crippen LogP contribution in [0, 0.1) is 0 Å². The van der Waals surface area contributed by atoms with E-state index in [0.717, 1.165) is 0 Å². The van der Waals surface area contributed by atoms with Gasteiger partial charge in [0.05, 0.1) is 6.61 Å². The third kappa shape index (κ3) is 6.80. The van der Waals surface area contributed by atoms with Gasteiger partial charge in [-0.1, -0.05) is 6.92 Å². The molecule has 3 N–H and O–H groups in total. The highest BCUT2D eigenvalue weighted by atomic mass is 16.5. The summed E-state index contributed by atoms with van der Waals surface area (Å²) >= 11 is 0. The number of esters is 1. The van der Waals surface area contributed by atoms with Crippen LogP contribution in [-0.4, -0.2) is 30.4 Å². The molecule has 2 amide bonds. The first-order valence-electron chi connectivity index (χ1n) is 5.19. The van der Waals surface area contributed by atoms with Crippen LogP contribution in [0.5, 0.6) is 0 Å². The van der Waals surface area contributed by atoms with Gasteiger partial charge >= 0.3 is 5.97 Å². The molecule has 0 saturated carbocycles. The number of nitrogens with one attached hydrogen (secondary N) is 1. The smallest absolute Gasteiger partial charge is 0.328 e. The fraction of sp³-hybridized carbons (Fsp3) is 0.700. The van der Waals surface area contributed by atoms with Gasteiger partial charge in [-0.05, 0) is 12.8 Å². The Labute approximate surface area is 94.5 Å². The van der Waals surface area contributed by atoms with Gasteiger partial charge in [0, 0.05) is 13.3 Å². The Morgan fingerprint density at radius 2 is 2.00 bits per heavy atom. The third-order valence-electron chi connectivity index (χ3n) is 1.79. The molecule has 0 aliphatic carbocycles. The van der Waals surface area contributed by atoms with E-state index in [2.05, 4.69) is 5.32 Å². The monoisotopic (exact) mass is 230 g/mol. The summed E-state index contributed by atoms with van der Waals surface area (Å²) < 4.78 is 4.88. The average molecular weight is 230 g/mol. The van der Waals surface area contributed by atoms with Crippen LogP contribution in [0.1, 0.15) is 33.1 Å². The Kier molecular flexibility index (Phi) is 6.91. The van der Waals surface area contributed by atoms with Crippen molar-refractivity contribution >= 4 is 17.8 Å². The first kappa shape index (κ1) is 14.4. The molecule has 1 atom stereocenters. The van der Waals surface area contributed by atoms with Crippen molar-refractivity contribution in [3.63, 3.8) is 0 Å². The van der Waals surface area contributed by atoms with Crippen molar-refractivity contribution in [3.8, 4) is 0 Å². The molecule has 1 unspecified atom stereocenters. The zero-order valence-corrected chi connectivity index (χ0v) is 9.62. The van der Waals surface area contributed by atoms with Crippen molar-refractivity contribution in [2.24, 2.45) is 5.73 Å². The van der Waals surface area contributed by atoms with Crippen LogP contribution in [0.3, 0.4) is 0 Å². The maximum atomic E-state index is 11.5. The summed E-state index contributed by atoms with van der Waals surface area (Å²) in [7, 11) is 0. The van der Waals surface area contributed by atoms with E-state index in [9.17, 15) is 14.4 Å². The van der Waals surface area contributed by atoms with Crippen molar-refractivity contribution in [1.29, 1.82) is 0 Å². The van der Waals surface area contributed by atoms with Crippen LogP contribution < -0.4 is 11.1 Å². The van der Waals surface area contributed by atoms with Gasteiger partial charge in [-0.15, -0.1) is 0 Å². The van der Waals surface area contributed by atoms with Gasteiger partial charge in [-0.3, -0.25) is 9.59 Å². The minimum Gasteiger partial charge on any atom is -0.464 e. The Morgan fingerprint density at radius 3 is 2.44 bits per heavy atom. The SMILES string of the molecule is CCCOC(=O)C(CCC(N)=O)NC(C)=O. The molecule has 0 saturated heterocycles. The van der Waals surface area contributed by atoms with Crippen molar-refractivity contribution in [2.75, 3.05) is 6.61 Å². The number of rotatable bonds is 7. The lowest BCUT2D eigenvalue weighted by Crippen LogP contribution is -2.41. The third-order valence-corrected chi connectivity index (χ3v) is 1.79. The van der Waals surface area contributed by atoms with E-state index < -0.39 is 17.9 Å². The summed E-state index contributed by atoms with van der Waals surface area (Å²) in [5.41, 5.74) is 4.97. The van der Waals surface area contributed by atoms with Crippen LogP contribution in [-0.2, 0) is 19.1 Å². The summed E-state index contributed by atoms with van der Waals surface area (Å²) in [6.45, 7) is 3.46. The van der Waals surface area contributed by atoms with Gasteiger partial charge in [0.15, 0.2) is 0 Å². The van der Waals surface area contributed by atoms with Crippen LogP contribution >= 0.6 is 0 Å². The summed E-state index contributed by atoms with van der Waals surface area (Å²) in [6, 6.07) is -0.795. The van der Waals surface area contributed by atoms with Gasteiger partial charge in [-0.25, -0.2) is 4.79 Å². The molecule has 0 fully saturated rings. The van der Waals surface area contributed by atoms with E-state index in [1.807, 2.05) is 6.92 Å². The largest absolute Gasteiger partial charge is 0.464 e. The van der Waals surface area contributed by atoms with Crippen molar-refractivity contribution in [1.82, 2.24) is 5.32 Å². The quantitative estimate of drug-likeness (QED) is 0.587. The molecule has 0 aromatic carbocycles. The van der Waals surface area contributed by atoms with E-state index in [0.29, 0.717) is 13.0 Å². The molecule has 16 heavy (non-hydrogen) atoms. The van der Waals surface area contributed by atoms with Crippen molar-refractivity contribution in [3.05, 3.63) is 0 Å². The predicted octanol–water partition coefficient (Wildman–Crippen LogP) is -0.290. The number of ether oxygens (including phenoxy) is 1. The molecule has 6 nitrogen and oxygen atoms in total. The molecule has 0 spiro atoms. The average Bonchev–Trinajstić information content (AvgIpc) is 2.19. The highest BCUT2D eigenvalue weighted by molar-refractivity contribution is 5.84. The molecule has 0 aromatic rings. The summed E-state index contributed by atoms with van der Waals surface area (Å²) in [6.07, 6.45) is 0.901. The molecule has 0 aromatic heterocycles. The zero-order chi connectivity index (χ0) is 12.6. The van der Waals surface area contributed by atoms with Crippen LogP contribution in [0.4, 0.5) is 0 Å². The molecule has 0 rings (SSSR count). The van der Waals surface area contributed by atoms with E-state index >= 15 is 0 Å². The molecule has 0 radical (unpaired) electrons. The van der Waals surface area contributed by atoms with Gasteiger partial charge < -0.3 is 15.8 Å². The van der Waals surface area contributed by atoms with E-state index in [1.165, 1.54) is 6.92 Å². The topological polar surface area (TPSA) is 98.5 Å². The van der Waals surface area contributed by atoms with Gasteiger partial charge in [0.1, 0.15) is 6.04 Å². The highest BCUT2D eigenvalue weighted by Gasteiger charge is 2.21. The summed E-state index contributed by atoms with van der Waals surface area (Å²) in [5, 5.41) is 2.42. The second-order valence-electron chi connectivity index (χ2n) is 3.43. The summed E-state index contributed by atoms with van der Waals surface area (Å²) in [5.74, 6) is -1.39. The lowest BCUT2D eigenvalue weighted by molar-refractivity contribution is -0.148. The number of primary amides is 1. The maximum absolute atomic E-state index is 11.5. The van der Waals surface area contributed by atoms with Crippen LogP contribution in [0.25, 0.3) is 0 Å². The molecule has 0 heterocycles. The summed E-state index contributed by atoms with van der Waals surface area (Å²) in [4.78, 5) is 32.9. The second kappa shape index (κ2) is 7.67. The van der Waals surface area contributed by atoms with E-state index in [-0.39, 0.29) is 18.7 Å².